The van der Waals surface area contributed by atoms with Crippen LogP contribution in [-0.2, 0) is 4.79 Å². The number of carbonyl (C=O) groups is 2. The first kappa shape index (κ1) is 14.0. The second-order valence-electron chi connectivity index (χ2n) is 3.87. The zero-order chi connectivity index (χ0) is 13.7. The van der Waals surface area contributed by atoms with Gasteiger partial charge < -0.3 is 25.8 Å². The van der Waals surface area contributed by atoms with Gasteiger partial charge in [-0.25, -0.2) is 14.6 Å². The van der Waals surface area contributed by atoms with Crippen LogP contribution in [0.15, 0.2) is 12.4 Å². The first-order valence-electron chi connectivity index (χ1n) is 5.39. The minimum absolute atomic E-state index is 0.400. The van der Waals surface area contributed by atoms with Crippen molar-refractivity contribution in [3.8, 4) is 0 Å². The number of aliphatic carboxylic acids is 1. The Hall–Kier alpha value is -2.09. The van der Waals surface area contributed by atoms with Crippen molar-refractivity contribution in [3.05, 3.63) is 18.2 Å². The SMILES string of the molecule is CC(NC(=O)N[C@H](C(=O)O)[C@@H](C)O)c1ncc[nH]1. The standard InChI is InChI=1S/C10H16N4O4/c1-5(8-11-3-4-12-8)13-10(18)14-7(6(2)15)9(16)17/h3-7,15H,1-2H3,(H,11,12)(H,16,17)(H2,13,14,18)/t5?,6-,7+/m1/s1. The number of hydrogen-bond acceptors (Lipinski definition) is 4. The van der Waals surface area contributed by atoms with E-state index in [0.717, 1.165) is 0 Å². The van der Waals surface area contributed by atoms with Crippen molar-refractivity contribution >= 4 is 12.0 Å². The fraction of sp³-hybridized carbons (Fsp3) is 0.500. The largest absolute Gasteiger partial charge is 0.480 e. The van der Waals surface area contributed by atoms with Gasteiger partial charge in [-0.3, -0.25) is 0 Å². The number of rotatable bonds is 5. The maximum Gasteiger partial charge on any atom is 0.328 e. The van der Waals surface area contributed by atoms with Crippen molar-refractivity contribution in [2.45, 2.75) is 32.0 Å². The summed E-state index contributed by atoms with van der Waals surface area (Å²) in [4.78, 5) is 29.1. The van der Waals surface area contributed by atoms with Crippen LogP contribution < -0.4 is 10.6 Å². The Labute approximate surface area is 103 Å². The van der Waals surface area contributed by atoms with E-state index in [0.29, 0.717) is 5.82 Å². The molecule has 0 saturated heterocycles. The lowest BCUT2D eigenvalue weighted by molar-refractivity contribution is -0.141. The maximum atomic E-state index is 11.5. The third kappa shape index (κ3) is 3.74. The summed E-state index contributed by atoms with van der Waals surface area (Å²) in [6.45, 7) is 2.98. The minimum Gasteiger partial charge on any atom is -0.480 e. The number of urea groups is 1. The van der Waals surface area contributed by atoms with Gasteiger partial charge in [-0.05, 0) is 13.8 Å². The van der Waals surface area contributed by atoms with Crippen LogP contribution >= 0.6 is 0 Å². The van der Waals surface area contributed by atoms with Crippen molar-refractivity contribution in [1.29, 1.82) is 0 Å². The predicted octanol–water partition coefficient (Wildman–Crippen LogP) is -0.396. The number of nitrogens with zero attached hydrogens (tertiary/aromatic N) is 1. The number of imidazole rings is 1. The molecule has 3 atom stereocenters. The minimum atomic E-state index is -1.35. The molecule has 1 aromatic rings. The van der Waals surface area contributed by atoms with Gasteiger partial charge in [0.1, 0.15) is 5.82 Å². The molecule has 18 heavy (non-hydrogen) atoms. The van der Waals surface area contributed by atoms with Crippen molar-refractivity contribution in [3.63, 3.8) is 0 Å². The van der Waals surface area contributed by atoms with Gasteiger partial charge in [0.15, 0.2) is 6.04 Å². The molecule has 1 unspecified atom stereocenters. The third-order valence-corrected chi connectivity index (χ3v) is 2.31. The molecule has 1 rings (SSSR count). The van der Waals surface area contributed by atoms with Crippen molar-refractivity contribution in [2.24, 2.45) is 0 Å². The molecule has 100 valence electrons. The van der Waals surface area contributed by atoms with E-state index in [9.17, 15) is 14.7 Å². The smallest absolute Gasteiger partial charge is 0.328 e. The lowest BCUT2D eigenvalue weighted by Gasteiger charge is -2.19. The third-order valence-electron chi connectivity index (χ3n) is 2.31. The average Bonchev–Trinajstić information content (AvgIpc) is 2.78. The summed E-state index contributed by atoms with van der Waals surface area (Å²) >= 11 is 0. The fourth-order valence-electron chi connectivity index (χ4n) is 1.35. The van der Waals surface area contributed by atoms with Gasteiger partial charge >= 0.3 is 12.0 Å². The number of aliphatic hydroxyl groups excluding tert-OH is 1. The number of carboxylic acids is 1. The predicted molar refractivity (Wildman–Crippen MR) is 61.8 cm³/mol. The summed E-state index contributed by atoms with van der Waals surface area (Å²) in [7, 11) is 0. The second-order valence-corrected chi connectivity index (χ2v) is 3.87. The van der Waals surface area contributed by atoms with Gasteiger partial charge in [-0.2, -0.15) is 0 Å². The average molecular weight is 256 g/mol. The van der Waals surface area contributed by atoms with Crippen molar-refractivity contribution in [2.75, 3.05) is 0 Å². The van der Waals surface area contributed by atoms with Gasteiger partial charge in [-0.15, -0.1) is 0 Å². The molecule has 1 aromatic heterocycles. The Morgan fingerprint density at radius 2 is 2.06 bits per heavy atom. The summed E-state index contributed by atoms with van der Waals surface area (Å²) in [6.07, 6.45) is 1.97. The molecular weight excluding hydrogens is 240 g/mol. The fourth-order valence-corrected chi connectivity index (χ4v) is 1.35. The summed E-state index contributed by atoms with van der Waals surface area (Å²) < 4.78 is 0. The van der Waals surface area contributed by atoms with Crippen LogP contribution in [-0.4, -0.2) is 44.3 Å². The summed E-state index contributed by atoms with van der Waals surface area (Å²) in [6, 6.07) is -2.44. The van der Waals surface area contributed by atoms with Crippen molar-refractivity contribution in [1.82, 2.24) is 20.6 Å². The molecule has 0 bridgehead atoms. The number of carboxylic acid groups (broad SMARTS) is 1. The maximum absolute atomic E-state index is 11.5. The molecule has 0 aliphatic carbocycles. The number of aromatic amines is 1. The van der Waals surface area contributed by atoms with Gasteiger partial charge in [0.25, 0.3) is 0 Å². The van der Waals surface area contributed by atoms with Crippen molar-refractivity contribution < 1.29 is 19.8 Å². The first-order valence-corrected chi connectivity index (χ1v) is 5.39. The molecule has 0 aliphatic rings. The molecular formula is C10H16N4O4. The molecule has 0 saturated carbocycles. The van der Waals surface area contributed by atoms with E-state index < -0.39 is 30.2 Å². The Bertz CT molecular complexity index is 404. The van der Waals surface area contributed by atoms with Gasteiger partial charge in [-0.1, -0.05) is 0 Å². The monoisotopic (exact) mass is 256 g/mol. The second kappa shape index (κ2) is 6.01. The highest BCUT2D eigenvalue weighted by Gasteiger charge is 2.25. The zero-order valence-corrected chi connectivity index (χ0v) is 10.0. The topological polar surface area (TPSA) is 127 Å². The molecule has 8 heteroatoms. The Morgan fingerprint density at radius 1 is 1.39 bits per heavy atom. The van der Waals surface area contributed by atoms with Crippen LogP contribution in [0.1, 0.15) is 25.7 Å². The lowest BCUT2D eigenvalue weighted by Crippen LogP contribution is -2.51. The number of hydrogen-bond donors (Lipinski definition) is 5. The summed E-state index contributed by atoms with van der Waals surface area (Å²) in [5, 5.41) is 22.7. The highest BCUT2D eigenvalue weighted by Crippen LogP contribution is 2.04. The van der Waals surface area contributed by atoms with Crippen LogP contribution in [0, 0.1) is 0 Å². The van der Waals surface area contributed by atoms with E-state index in [1.54, 1.807) is 19.3 Å². The molecule has 0 aromatic carbocycles. The Balaban J connectivity index is 2.53. The summed E-state index contributed by atoms with van der Waals surface area (Å²) in [5.74, 6) is -0.750. The van der Waals surface area contributed by atoms with Crippen LogP contribution in [0.5, 0.6) is 0 Å². The molecule has 1 heterocycles. The number of H-pyrrole nitrogens is 1. The molecule has 0 spiro atoms. The molecule has 0 aliphatic heterocycles. The van der Waals surface area contributed by atoms with Gasteiger partial charge in [0.2, 0.25) is 0 Å². The molecule has 5 N–H and O–H groups in total. The molecule has 0 fully saturated rings. The van der Waals surface area contributed by atoms with Crippen LogP contribution in [0.2, 0.25) is 0 Å². The highest BCUT2D eigenvalue weighted by molar-refractivity contribution is 5.83. The van der Waals surface area contributed by atoms with E-state index in [2.05, 4.69) is 20.6 Å². The van der Waals surface area contributed by atoms with E-state index >= 15 is 0 Å². The van der Waals surface area contributed by atoms with Gasteiger partial charge in [0, 0.05) is 12.4 Å². The lowest BCUT2D eigenvalue weighted by atomic mass is 10.2. The molecule has 2 amide bonds. The van der Waals surface area contributed by atoms with E-state index in [-0.39, 0.29) is 0 Å². The zero-order valence-electron chi connectivity index (χ0n) is 10.0. The first-order chi connectivity index (χ1) is 8.41. The van der Waals surface area contributed by atoms with E-state index in [1.807, 2.05) is 0 Å². The molecule has 0 radical (unpaired) electrons. The van der Waals surface area contributed by atoms with Gasteiger partial charge in [0.05, 0.1) is 12.1 Å². The Morgan fingerprint density at radius 3 is 2.50 bits per heavy atom. The number of amides is 2. The van der Waals surface area contributed by atoms with E-state index in [4.69, 9.17) is 5.11 Å². The highest BCUT2D eigenvalue weighted by atomic mass is 16.4. The normalized spacial score (nSPS) is 15.5. The molecule has 8 nitrogen and oxygen atoms in total. The number of aromatic nitrogens is 2. The number of carbonyl (C=O) groups excluding carboxylic acids is 1. The van der Waals surface area contributed by atoms with Crippen LogP contribution in [0.3, 0.4) is 0 Å². The quantitative estimate of drug-likeness (QED) is 0.490. The summed E-state index contributed by atoms with van der Waals surface area (Å²) in [5.41, 5.74) is 0. The Kier molecular flexibility index (Phi) is 4.67. The number of aliphatic hydroxyl groups is 1. The van der Waals surface area contributed by atoms with E-state index in [1.165, 1.54) is 6.92 Å². The van der Waals surface area contributed by atoms with Crippen LogP contribution in [0.25, 0.3) is 0 Å². The number of nitrogens with one attached hydrogen (secondary N) is 3. The van der Waals surface area contributed by atoms with Crippen LogP contribution in [0.4, 0.5) is 4.79 Å².